The summed E-state index contributed by atoms with van der Waals surface area (Å²) in [5.74, 6) is -1.01. The molecule has 0 rings (SSSR count). The van der Waals surface area contributed by atoms with Crippen molar-refractivity contribution in [2.45, 2.75) is 226 Å². The van der Waals surface area contributed by atoms with Crippen molar-refractivity contribution in [2.75, 3.05) is 13.2 Å². The summed E-state index contributed by atoms with van der Waals surface area (Å²) in [4.78, 5) is 38.0. The van der Waals surface area contributed by atoms with Gasteiger partial charge in [-0.15, -0.1) is 0 Å². The Morgan fingerprint density at radius 3 is 0.875 bits per heavy atom. The number of ether oxygens (including phenoxy) is 3. The van der Waals surface area contributed by atoms with Crippen molar-refractivity contribution in [3.05, 3.63) is 158 Å². The summed E-state index contributed by atoms with van der Waals surface area (Å²) in [7, 11) is 0. The number of carbonyl (C=O) groups excluding carboxylic acids is 3. The van der Waals surface area contributed by atoms with Crippen LogP contribution >= 0.6 is 0 Å². The second-order valence-electron chi connectivity index (χ2n) is 18.1. The zero-order valence-electron chi connectivity index (χ0n) is 45.9. The Bertz CT molecular complexity index is 1660. The lowest BCUT2D eigenvalue weighted by molar-refractivity contribution is -0.167. The molecule has 0 amide bonds. The van der Waals surface area contributed by atoms with Crippen molar-refractivity contribution in [2.24, 2.45) is 0 Å². The minimum atomic E-state index is -0.821. The maximum atomic E-state index is 12.8. The molecule has 0 saturated carbocycles. The van der Waals surface area contributed by atoms with Gasteiger partial charge in [0, 0.05) is 19.3 Å². The van der Waals surface area contributed by atoms with Crippen molar-refractivity contribution in [3.63, 3.8) is 0 Å². The molecule has 6 nitrogen and oxygen atoms in total. The number of esters is 3. The van der Waals surface area contributed by atoms with Crippen molar-refractivity contribution in [1.29, 1.82) is 0 Å². The van der Waals surface area contributed by atoms with Gasteiger partial charge in [-0.2, -0.15) is 0 Å². The Labute approximate surface area is 441 Å². The normalized spacial score (nSPS) is 13.3. The van der Waals surface area contributed by atoms with Crippen LogP contribution < -0.4 is 0 Å². The highest BCUT2D eigenvalue weighted by Crippen LogP contribution is 2.12. The average molecular weight is 992 g/mol. The lowest BCUT2D eigenvalue weighted by Crippen LogP contribution is -2.30. The fraction of sp³-hybridized carbons (Fsp3) is 0.561. The van der Waals surface area contributed by atoms with Crippen LogP contribution in [0.15, 0.2) is 158 Å². The predicted octanol–water partition coefficient (Wildman–Crippen LogP) is 19.4. The Morgan fingerprint density at radius 2 is 0.542 bits per heavy atom. The highest BCUT2D eigenvalue weighted by atomic mass is 16.6. The monoisotopic (exact) mass is 991 g/mol. The number of rotatable bonds is 49. The van der Waals surface area contributed by atoms with Crippen molar-refractivity contribution < 1.29 is 28.6 Å². The molecule has 0 heterocycles. The van der Waals surface area contributed by atoms with E-state index in [1.165, 1.54) is 32.1 Å². The van der Waals surface area contributed by atoms with Gasteiger partial charge in [0.15, 0.2) is 6.10 Å². The Balaban J connectivity index is 4.44. The van der Waals surface area contributed by atoms with Crippen LogP contribution in [-0.4, -0.2) is 37.2 Å². The van der Waals surface area contributed by atoms with Crippen LogP contribution in [0.1, 0.15) is 220 Å². The fourth-order valence-corrected chi connectivity index (χ4v) is 7.07. The molecule has 0 aliphatic heterocycles. The molecule has 0 aliphatic rings. The molecule has 0 aromatic rings. The first-order chi connectivity index (χ1) is 35.5. The van der Waals surface area contributed by atoms with E-state index in [-0.39, 0.29) is 37.5 Å². The van der Waals surface area contributed by atoms with Crippen LogP contribution in [0.3, 0.4) is 0 Å². The van der Waals surface area contributed by atoms with Gasteiger partial charge in [0.2, 0.25) is 0 Å². The maximum Gasteiger partial charge on any atom is 0.306 e. The molecule has 72 heavy (non-hydrogen) atoms. The topological polar surface area (TPSA) is 78.9 Å². The second-order valence-corrected chi connectivity index (χ2v) is 18.1. The molecule has 0 saturated heterocycles. The van der Waals surface area contributed by atoms with Gasteiger partial charge in [0.1, 0.15) is 13.2 Å². The zero-order valence-corrected chi connectivity index (χ0v) is 45.9. The minimum absolute atomic E-state index is 0.113. The highest BCUT2D eigenvalue weighted by molar-refractivity contribution is 5.71. The molecule has 0 bridgehead atoms. The second kappa shape index (κ2) is 58.6. The molecule has 0 N–H and O–H groups in total. The van der Waals surface area contributed by atoms with E-state index in [4.69, 9.17) is 14.2 Å². The third kappa shape index (κ3) is 56.0. The molecule has 0 aromatic carbocycles. The van der Waals surface area contributed by atoms with Gasteiger partial charge in [-0.25, -0.2) is 0 Å². The predicted molar refractivity (Wildman–Crippen MR) is 311 cm³/mol. The Kier molecular flexibility index (Phi) is 54.6. The van der Waals surface area contributed by atoms with Crippen molar-refractivity contribution in [3.8, 4) is 0 Å². The van der Waals surface area contributed by atoms with E-state index < -0.39 is 6.10 Å². The number of hydrogen-bond donors (Lipinski definition) is 0. The summed E-state index contributed by atoms with van der Waals surface area (Å²) in [6.07, 6.45) is 85.3. The largest absolute Gasteiger partial charge is 0.462 e. The van der Waals surface area contributed by atoms with Crippen LogP contribution in [0, 0.1) is 0 Å². The van der Waals surface area contributed by atoms with Gasteiger partial charge in [-0.1, -0.05) is 230 Å². The van der Waals surface area contributed by atoms with Crippen molar-refractivity contribution in [1.82, 2.24) is 0 Å². The van der Waals surface area contributed by atoms with E-state index in [0.29, 0.717) is 19.3 Å². The SMILES string of the molecule is CC/C=C\C/C=C\C/C=C\C/C=C\C/C=C\C/C=C\C/C=C\CCCCCC(=O)OCC(COC(=O)CCCCCCCCCC)OC(=O)CCCC/C=C\C/C=C\C/C=C\C/C=C\C/C=C\C/C=C\CC. The lowest BCUT2D eigenvalue weighted by Gasteiger charge is -2.18. The number of hydrogen-bond acceptors (Lipinski definition) is 6. The molecular formula is C66H102O6. The van der Waals surface area contributed by atoms with E-state index in [1.807, 2.05) is 0 Å². The van der Waals surface area contributed by atoms with Gasteiger partial charge in [-0.05, 0) is 128 Å². The summed E-state index contributed by atoms with van der Waals surface area (Å²) < 4.78 is 16.7. The van der Waals surface area contributed by atoms with Crippen LogP contribution in [0.5, 0.6) is 0 Å². The van der Waals surface area contributed by atoms with Gasteiger partial charge in [0.25, 0.3) is 0 Å². The summed E-state index contributed by atoms with van der Waals surface area (Å²) in [5, 5.41) is 0. The van der Waals surface area contributed by atoms with E-state index in [2.05, 4.69) is 179 Å². The van der Waals surface area contributed by atoms with Gasteiger partial charge in [0.05, 0.1) is 0 Å². The van der Waals surface area contributed by atoms with Crippen LogP contribution in [-0.2, 0) is 28.6 Å². The summed E-state index contributed by atoms with van der Waals surface area (Å²) in [6.45, 7) is 6.29. The Morgan fingerprint density at radius 1 is 0.292 bits per heavy atom. The third-order valence-electron chi connectivity index (χ3n) is 11.3. The zero-order chi connectivity index (χ0) is 52.2. The van der Waals surface area contributed by atoms with E-state index in [1.54, 1.807) is 0 Å². The van der Waals surface area contributed by atoms with E-state index >= 15 is 0 Å². The first-order valence-corrected chi connectivity index (χ1v) is 28.5. The minimum Gasteiger partial charge on any atom is -0.462 e. The van der Waals surface area contributed by atoms with Crippen LogP contribution in [0.2, 0.25) is 0 Å². The molecule has 0 aromatic heterocycles. The molecule has 6 heteroatoms. The number of unbranched alkanes of at least 4 members (excludes halogenated alkanes) is 12. The smallest absolute Gasteiger partial charge is 0.306 e. The highest BCUT2D eigenvalue weighted by Gasteiger charge is 2.19. The van der Waals surface area contributed by atoms with E-state index in [9.17, 15) is 14.4 Å². The van der Waals surface area contributed by atoms with Crippen LogP contribution in [0.25, 0.3) is 0 Å². The first-order valence-electron chi connectivity index (χ1n) is 28.5. The maximum absolute atomic E-state index is 12.8. The van der Waals surface area contributed by atoms with Crippen LogP contribution in [0.4, 0.5) is 0 Å². The van der Waals surface area contributed by atoms with Gasteiger partial charge in [-0.3, -0.25) is 14.4 Å². The summed E-state index contributed by atoms with van der Waals surface area (Å²) in [5.41, 5.74) is 0. The average Bonchev–Trinajstić information content (AvgIpc) is 3.38. The quantitative estimate of drug-likeness (QED) is 0.0262. The van der Waals surface area contributed by atoms with Gasteiger partial charge >= 0.3 is 17.9 Å². The molecule has 402 valence electrons. The number of carbonyl (C=O) groups is 3. The molecule has 0 aliphatic carbocycles. The number of allylic oxidation sites excluding steroid dienone is 26. The molecule has 0 spiro atoms. The molecular weight excluding hydrogens is 889 g/mol. The molecule has 0 radical (unpaired) electrons. The van der Waals surface area contributed by atoms with Crippen molar-refractivity contribution >= 4 is 17.9 Å². The van der Waals surface area contributed by atoms with E-state index in [0.717, 1.165) is 141 Å². The first kappa shape index (κ1) is 67.0. The fourth-order valence-electron chi connectivity index (χ4n) is 7.07. The molecule has 1 unspecified atom stereocenters. The standard InChI is InChI=1S/C66H102O6/c1-4-7-10-13-16-19-21-23-25-27-29-31-32-33-34-36-37-39-41-43-45-47-50-53-56-59-65(68)71-62-63(61-70-64(67)58-55-52-49-18-15-12-9-6-3)72-66(69)60-57-54-51-48-46-44-42-40-38-35-30-28-26-24-22-20-17-14-11-8-5-2/h7-8,10-11,16-17,19-20,23-26,29-31,33-35,37,39-40,42-43,45-46,48,63H,4-6,9,12-15,18,21-22,27-28,32,36,38,41,44,47,49-62H2,1-3H3/b10-7-,11-8-,19-16-,20-17-,25-23-,26-24-,31-29-,34-33-,35-30-,39-37-,42-40-,45-43-,48-46-. The molecule has 1 atom stereocenters. The molecule has 0 fully saturated rings. The van der Waals surface area contributed by atoms with Gasteiger partial charge < -0.3 is 14.2 Å². The summed E-state index contributed by atoms with van der Waals surface area (Å²) in [6, 6.07) is 0. The third-order valence-corrected chi connectivity index (χ3v) is 11.3. The summed E-state index contributed by atoms with van der Waals surface area (Å²) >= 11 is 0. The lowest BCUT2D eigenvalue weighted by atomic mass is 10.1. The Hall–Kier alpha value is -4.97.